The normalized spacial score (nSPS) is 14.3. The van der Waals surface area contributed by atoms with Crippen LogP contribution in [0.25, 0.3) is 0 Å². The number of benzene rings is 2. The average molecular weight is 382 g/mol. The largest absolute Gasteiger partial charge is 0.481 e. The second kappa shape index (κ2) is 8.38. The van der Waals surface area contributed by atoms with Crippen LogP contribution < -0.4 is 10.1 Å². The Morgan fingerprint density at radius 2 is 1.21 bits per heavy atom. The Morgan fingerprint density at radius 3 is 1.64 bits per heavy atom. The smallest absolute Gasteiger partial charge is 0.261 e. The summed E-state index contributed by atoms with van der Waals surface area (Å²) in [7, 11) is 0. The summed E-state index contributed by atoms with van der Waals surface area (Å²) in [5, 5.41) is 3.05. The molecule has 0 unspecified atom stereocenters. The van der Waals surface area contributed by atoms with E-state index in [-0.39, 0.29) is 22.8 Å². The highest BCUT2D eigenvalue weighted by atomic mass is 16.5. The summed E-state index contributed by atoms with van der Waals surface area (Å²) in [5.74, 6) is 0.588. The maximum atomic E-state index is 12.5. The summed E-state index contributed by atoms with van der Waals surface area (Å²) in [6, 6.07) is 16.3. The van der Waals surface area contributed by atoms with Crippen molar-refractivity contribution in [3.8, 4) is 5.75 Å². The van der Waals surface area contributed by atoms with Crippen LogP contribution in [0.3, 0.4) is 0 Å². The monoisotopic (exact) mass is 381 g/mol. The molecule has 152 valence electrons. The van der Waals surface area contributed by atoms with Crippen molar-refractivity contribution in [2.75, 3.05) is 0 Å². The lowest BCUT2D eigenvalue weighted by Crippen LogP contribution is -2.37. The number of hydrogen-bond acceptors (Lipinski definition) is 2. The minimum atomic E-state index is -0.559. The molecule has 0 aromatic heterocycles. The van der Waals surface area contributed by atoms with Crippen LogP contribution in [0, 0.1) is 0 Å². The zero-order chi connectivity index (χ0) is 21.1. The molecule has 0 radical (unpaired) electrons. The van der Waals surface area contributed by atoms with Crippen LogP contribution in [0.1, 0.15) is 78.1 Å². The highest BCUT2D eigenvalue weighted by Gasteiger charge is 2.19. The van der Waals surface area contributed by atoms with Gasteiger partial charge in [0.2, 0.25) is 0 Å². The zero-order valence-corrected chi connectivity index (χ0v) is 18.6. The molecule has 0 saturated heterocycles. The lowest BCUT2D eigenvalue weighted by atomic mass is 9.86. The van der Waals surface area contributed by atoms with Gasteiger partial charge in [0.15, 0.2) is 6.10 Å². The van der Waals surface area contributed by atoms with Gasteiger partial charge in [0.1, 0.15) is 5.75 Å². The van der Waals surface area contributed by atoms with Crippen molar-refractivity contribution in [2.45, 2.75) is 78.4 Å². The first-order valence-electron chi connectivity index (χ1n) is 10.1. The maximum Gasteiger partial charge on any atom is 0.261 e. The first-order valence-corrected chi connectivity index (χ1v) is 10.1. The molecule has 28 heavy (non-hydrogen) atoms. The Bertz CT molecular complexity index is 777. The molecule has 0 fully saturated rings. The summed E-state index contributed by atoms with van der Waals surface area (Å²) < 4.78 is 5.83. The SMILES string of the molecule is C[C@H](Oc1ccc(C(C)(C)C)cc1)C(=O)N[C@@H](C)c1ccc(C(C)(C)C)cc1. The van der Waals surface area contributed by atoms with Crippen molar-refractivity contribution in [1.29, 1.82) is 0 Å². The first kappa shape index (κ1) is 22.0. The molecule has 0 aliphatic carbocycles. The molecule has 0 saturated carbocycles. The third kappa shape index (κ3) is 5.85. The molecule has 3 heteroatoms. The number of carbonyl (C=O) groups excluding carboxylic acids is 1. The number of carbonyl (C=O) groups is 1. The average Bonchev–Trinajstić information content (AvgIpc) is 2.60. The van der Waals surface area contributed by atoms with E-state index in [1.807, 2.05) is 19.1 Å². The molecule has 2 atom stereocenters. The molecule has 0 heterocycles. The summed E-state index contributed by atoms with van der Waals surface area (Å²) in [6.07, 6.45) is -0.559. The summed E-state index contributed by atoms with van der Waals surface area (Å²) in [5.41, 5.74) is 3.83. The highest BCUT2D eigenvalue weighted by Crippen LogP contribution is 2.25. The van der Waals surface area contributed by atoms with Gasteiger partial charge < -0.3 is 10.1 Å². The molecule has 1 amide bonds. The van der Waals surface area contributed by atoms with E-state index in [0.29, 0.717) is 5.75 Å². The Labute approximate surface area is 170 Å². The second-order valence-corrected chi connectivity index (χ2v) is 9.64. The van der Waals surface area contributed by atoms with Crippen LogP contribution in [-0.2, 0) is 15.6 Å². The predicted octanol–water partition coefficient (Wildman–Crippen LogP) is 5.93. The standard InChI is InChI=1S/C25H35NO2/c1-17(19-9-11-20(12-10-19)24(3,4)5)26-23(27)18(2)28-22-15-13-21(14-16-22)25(6,7)8/h9-18H,1-8H3,(H,26,27)/t17-,18-/m0/s1. The first-order chi connectivity index (χ1) is 12.9. The van der Waals surface area contributed by atoms with Gasteiger partial charge >= 0.3 is 0 Å². The van der Waals surface area contributed by atoms with Crippen molar-refractivity contribution >= 4 is 5.91 Å². The Morgan fingerprint density at radius 1 is 0.786 bits per heavy atom. The molecule has 0 aliphatic heterocycles. The van der Waals surface area contributed by atoms with E-state index in [0.717, 1.165) is 5.56 Å². The van der Waals surface area contributed by atoms with Gasteiger partial charge in [0.05, 0.1) is 6.04 Å². The van der Waals surface area contributed by atoms with Crippen LogP contribution in [0.5, 0.6) is 5.75 Å². The highest BCUT2D eigenvalue weighted by molar-refractivity contribution is 5.81. The van der Waals surface area contributed by atoms with E-state index in [2.05, 4.69) is 83.3 Å². The summed E-state index contributed by atoms with van der Waals surface area (Å²) >= 11 is 0. The van der Waals surface area contributed by atoms with Crippen LogP contribution in [0.2, 0.25) is 0 Å². The lowest BCUT2D eigenvalue weighted by molar-refractivity contribution is -0.127. The van der Waals surface area contributed by atoms with E-state index < -0.39 is 6.10 Å². The van der Waals surface area contributed by atoms with Gasteiger partial charge in [-0.05, 0) is 53.5 Å². The van der Waals surface area contributed by atoms with Crippen LogP contribution in [-0.4, -0.2) is 12.0 Å². The van der Waals surface area contributed by atoms with Gasteiger partial charge in [0, 0.05) is 0 Å². The molecule has 2 aromatic carbocycles. The van der Waals surface area contributed by atoms with E-state index in [1.165, 1.54) is 11.1 Å². The van der Waals surface area contributed by atoms with E-state index in [1.54, 1.807) is 6.92 Å². The van der Waals surface area contributed by atoms with E-state index >= 15 is 0 Å². The molecule has 0 spiro atoms. The van der Waals surface area contributed by atoms with Gasteiger partial charge in [-0.15, -0.1) is 0 Å². The molecular weight excluding hydrogens is 346 g/mol. The van der Waals surface area contributed by atoms with Gasteiger partial charge in [-0.2, -0.15) is 0 Å². The lowest BCUT2D eigenvalue weighted by Gasteiger charge is -2.22. The van der Waals surface area contributed by atoms with Crippen LogP contribution in [0.15, 0.2) is 48.5 Å². The molecule has 2 aromatic rings. The number of amides is 1. The number of hydrogen-bond donors (Lipinski definition) is 1. The molecule has 3 nitrogen and oxygen atoms in total. The van der Waals surface area contributed by atoms with E-state index in [4.69, 9.17) is 4.74 Å². The van der Waals surface area contributed by atoms with Crippen molar-refractivity contribution < 1.29 is 9.53 Å². The van der Waals surface area contributed by atoms with Crippen molar-refractivity contribution in [3.63, 3.8) is 0 Å². The third-order valence-electron chi connectivity index (χ3n) is 5.04. The number of rotatable bonds is 5. The van der Waals surface area contributed by atoms with Gasteiger partial charge in [-0.1, -0.05) is 77.9 Å². The quantitative estimate of drug-likeness (QED) is 0.697. The molecule has 1 N–H and O–H groups in total. The minimum Gasteiger partial charge on any atom is -0.481 e. The van der Waals surface area contributed by atoms with Gasteiger partial charge in [0.25, 0.3) is 5.91 Å². The van der Waals surface area contributed by atoms with E-state index in [9.17, 15) is 4.79 Å². The molecule has 2 rings (SSSR count). The molecule has 0 bridgehead atoms. The minimum absolute atomic E-state index is 0.0733. The Balaban J connectivity index is 1.96. The second-order valence-electron chi connectivity index (χ2n) is 9.64. The fourth-order valence-electron chi connectivity index (χ4n) is 2.98. The third-order valence-corrected chi connectivity index (χ3v) is 5.04. The summed E-state index contributed by atoms with van der Waals surface area (Å²) in [4.78, 5) is 12.5. The Hall–Kier alpha value is -2.29. The topological polar surface area (TPSA) is 38.3 Å². The zero-order valence-electron chi connectivity index (χ0n) is 18.6. The van der Waals surface area contributed by atoms with Crippen molar-refractivity contribution in [2.24, 2.45) is 0 Å². The van der Waals surface area contributed by atoms with Crippen molar-refractivity contribution in [1.82, 2.24) is 5.32 Å². The van der Waals surface area contributed by atoms with Gasteiger partial charge in [-0.3, -0.25) is 4.79 Å². The maximum absolute atomic E-state index is 12.5. The van der Waals surface area contributed by atoms with Crippen molar-refractivity contribution in [3.05, 3.63) is 65.2 Å². The number of nitrogens with one attached hydrogen (secondary N) is 1. The molecule has 0 aliphatic rings. The fraction of sp³-hybridized carbons (Fsp3) is 0.480. The van der Waals surface area contributed by atoms with Gasteiger partial charge in [-0.25, -0.2) is 0 Å². The van der Waals surface area contributed by atoms with Crippen LogP contribution >= 0.6 is 0 Å². The fourth-order valence-corrected chi connectivity index (χ4v) is 2.98. The Kier molecular flexibility index (Phi) is 6.59. The predicted molar refractivity (Wildman–Crippen MR) is 117 cm³/mol. The summed E-state index contributed by atoms with van der Waals surface area (Å²) in [6.45, 7) is 16.9. The van der Waals surface area contributed by atoms with Crippen LogP contribution in [0.4, 0.5) is 0 Å². The molecular formula is C25H35NO2. The number of ether oxygens (including phenoxy) is 1.